The van der Waals surface area contributed by atoms with Crippen molar-refractivity contribution in [2.24, 2.45) is 5.92 Å². The Morgan fingerprint density at radius 3 is 2.80 bits per heavy atom. The van der Waals surface area contributed by atoms with Crippen LogP contribution in [-0.4, -0.2) is 39.2 Å². The van der Waals surface area contributed by atoms with Gasteiger partial charge in [-0.3, -0.25) is 0 Å². The van der Waals surface area contributed by atoms with Gasteiger partial charge in [-0.1, -0.05) is 6.92 Å². The first kappa shape index (κ1) is 12.3. The van der Waals surface area contributed by atoms with Gasteiger partial charge in [0.2, 0.25) is 0 Å². The minimum absolute atomic E-state index is 0.0455. The lowest BCUT2D eigenvalue weighted by molar-refractivity contribution is 0.145. The summed E-state index contributed by atoms with van der Waals surface area (Å²) >= 11 is 0. The third kappa shape index (κ3) is 4.51. The predicted molar refractivity (Wildman–Crippen MR) is 56.4 cm³/mol. The zero-order chi connectivity index (χ0) is 11.3. The lowest BCUT2D eigenvalue weighted by Gasteiger charge is -2.09. The number of hydrogen-bond acceptors (Lipinski definition) is 4. The summed E-state index contributed by atoms with van der Waals surface area (Å²) in [6.45, 7) is 2.70. The molecule has 0 aromatic rings. The Balaban J connectivity index is 2.18. The number of rotatable bonds is 4. The first-order valence-corrected chi connectivity index (χ1v) is 6.96. The Bertz CT molecular complexity index is 312. The van der Waals surface area contributed by atoms with Crippen molar-refractivity contribution in [1.29, 1.82) is 0 Å². The fourth-order valence-corrected chi connectivity index (χ4v) is 3.37. The van der Waals surface area contributed by atoms with Gasteiger partial charge in [-0.15, -0.1) is 0 Å². The average Bonchev–Trinajstić information content (AvgIpc) is 2.52. The second-order valence-corrected chi connectivity index (χ2v) is 6.01. The van der Waals surface area contributed by atoms with Crippen molar-refractivity contribution in [2.45, 2.75) is 19.8 Å². The van der Waals surface area contributed by atoms with Crippen LogP contribution in [-0.2, 0) is 14.6 Å². The summed E-state index contributed by atoms with van der Waals surface area (Å²) in [5.41, 5.74) is 0. The molecular formula is C9H17NO4S. The van der Waals surface area contributed by atoms with E-state index in [-0.39, 0.29) is 17.4 Å². The lowest BCUT2D eigenvalue weighted by Crippen LogP contribution is -2.30. The van der Waals surface area contributed by atoms with Crippen LogP contribution in [0.2, 0.25) is 0 Å². The van der Waals surface area contributed by atoms with E-state index in [0.29, 0.717) is 19.6 Å². The van der Waals surface area contributed by atoms with Crippen molar-refractivity contribution in [3.8, 4) is 0 Å². The van der Waals surface area contributed by atoms with Crippen LogP contribution in [0.15, 0.2) is 0 Å². The third-order valence-corrected chi connectivity index (χ3v) is 4.14. The van der Waals surface area contributed by atoms with Crippen LogP contribution in [0, 0.1) is 5.92 Å². The van der Waals surface area contributed by atoms with Gasteiger partial charge in [-0.05, 0) is 18.8 Å². The van der Waals surface area contributed by atoms with Gasteiger partial charge < -0.3 is 10.1 Å². The molecule has 88 valence electrons. The minimum atomic E-state index is -2.85. The van der Waals surface area contributed by atoms with E-state index in [1.807, 2.05) is 6.92 Å². The van der Waals surface area contributed by atoms with Gasteiger partial charge in [0.25, 0.3) is 0 Å². The van der Waals surface area contributed by atoms with E-state index < -0.39 is 15.9 Å². The molecule has 5 nitrogen and oxygen atoms in total. The highest BCUT2D eigenvalue weighted by Crippen LogP contribution is 2.17. The molecule has 1 aliphatic rings. The first-order valence-electron chi connectivity index (χ1n) is 5.14. The summed E-state index contributed by atoms with van der Waals surface area (Å²) in [5, 5.41) is 2.57. The molecule has 0 aromatic carbocycles. The van der Waals surface area contributed by atoms with E-state index in [4.69, 9.17) is 4.74 Å². The SMILES string of the molecule is CCCOC(=O)NCC1CCS(=O)(=O)C1. The smallest absolute Gasteiger partial charge is 0.407 e. The number of carbonyl (C=O) groups excluding carboxylic acids is 1. The summed E-state index contributed by atoms with van der Waals surface area (Å²) in [5.74, 6) is 0.467. The van der Waals surface area contributed by atoms with Gasteiger partial charge in [0.1, 0.15) is 0 Å². The van der Waals surface area contributed by atoms with Gasteiger partial charge in [0, 0.05) is 6.54 Å². The molecule has 0 bridgehead atoms. The normalized spacial score (nSPS) is 23.7. The molecule has 0 aliphatic carbocycles. The molecule has 15 heavy (non-hydrogen) atoms. The highest BCUT2D eigenvalue weighted by molar-refractivity contribution is 7.91. The lowest BCUT2D eigenvalue weighted by atomic mass is 10.1. The van der Waals surface area contributed by atoms with E-state index in [1.54, 1.807) is 0 Å². The number of alkyl carbamates (subject to hydrolysis) is 1. The van der Waals surface area contributed by atoms with E-state index in [1.165, 1.54) is 0 Å². The maximum absolute atomic E-state index is 11.1. The molecule has 6 heteroatoms. The van der Waals surface area contributed by atoms with Crippen LogP contribution < -0.4 is 5.32 Å². The Hall–Kier alpha value is -0.780. The average molecular weight is 235 g/mol. The quantitative estimate of drug-likeness (QED) is 0.772. The number of carbonyl (C=O) groups is 1. The van der Waals surface area contributed by atoms with Gasteiger partial charge in [0.15, 0.2) is 9.84 Å². The number of hydrogen-bond donors (Lipinski definition) is 1. The molecule has 0 radical (unpaired) electrons. The van der Waals surface area contributed by atoms with E-state index in [0.717, 1.165) is 6.42 Å². The number of nitrogens with one attached hydrogen (secondary N) is 1. The van der Waals surface area contributed by atoms with E-state index >= 15 is 0 Å². The molecule has 1 aliphatic heterocycles. The van der Waals surface area contributed by atoms with Gasteiger partial charge in [-0.2, -0.15) is 0 Å². The topological polar surface area (TPSA) is 72.5 Å². The largest absolute Gasteiger partial charge is 0.450 e. The van der Waals surface area contributed by atoms with Crippen LogP contribution in [0.3, 0.4) is 0 Å². The van der Waals surface area contributed by atoms with Crippen LogP contribution in [0.4, 0.5) is 4.79 Å². The molecule has 1 atom stereocenters. The van der Waals surface area contributed by atoms with E-state index in [9.17, 15) is 13.2 Å². The molecule has 1 heterocycles. The Morgan fingerprint density at radius 2 is 2.27 bits per heavy atom. The molecule has 1 unspecified atom stereocenters. The van der Waals surface area contributed by atoms with Crippen LogP contribution in [0.1, 0.15) is 19.8 Å². The maximum Gasteiger partial charge on any atom is 0.407 e. The Kier molecular flexibility index (Phi) is 4.38. The molecule has 1 rings (SSSR count). The Labute approximate surface area is 90.1 Å². The van der Waals surface area contributed by atoms with Crippen molar-refractivity contribution >= 4 is 15.9 Å². The second kappa shape index (κ2) is 5.34. The van der Waals surface area contributed by atoms with Crippen molar-refractivity contribution in [1.82, 2.24) is 5.32 Å². The zero-order valence-electron chi connectivity index (χ0n) is 8.86. The molecule has 1 amide bonds. The van der Waals surface area contributed by atoms with Crippen molar-refractivity contribution < 1.29 is 17.9 Å². The molecule has 1 saturated heterocycles. The summed E-state index contributed by atoms with van der Waals surface area (Å²) in [6, 6.07) is 0. The highest BCUT2D eigenvalue weighted by atomic mass is 32.2. The fourth-order valence-electron chi connectivity index (χ4n) is 1.51. The maximum atomic E-state index is 11.1. The van der Waals surface area contributed by atoms with Crippen LogP contribution >= 0.6 is 0 Å². The molecule has 1 fully saturated rings. The van der Waals surface area contributed by atoms with Crippen molar-refractivity contribution in [3.63, 3.8) is 0 Å². The van der Waals surface area contributed by atoms with E-state index in [2.05, 4.69) is 5.32 Å². The minimum Gasteiger partial charge on any atom is -0.450 e. The standard InChI is InChI=1S/C9H17NO4S/c1-2-4-14-9(11)10-6-8-3-5-15(12,13)7-8/h8H,2-7H2,1H3,(H,10,11). The summed E-state index contributed by atoms with van der Waals surface area (Å²) in [4.78, 5) is 11.0. The molecular weight excluding hydrogens is 218 g/mol. The summed E-state index contributed by atoms with van der Waals surface area (Å²) in [7, 11) is -2.85. The van der Waals surface area contributed by atoms with Crippen LogP contribution in [0.5, 0.6) is 0 Å². The Morgan fingerprint density at radius 1 is 1.53 bits per heavy atom. The van der Waals surface area contributed by atoms with Crippen molar-refractivity contribution in [3.05, 3.63) is 0 Å². The van der Waals surface area contributed by atoms with Crippen molar-refractivity contribution in [2.75, 3.05) is 24.7 Å². The van der Waals surface area contributed by atoms with Gasteiger partial charge in [0.05, 0.1) is 18.1 Å². The second-order valence-electron chi connectivity index (χ2n) is 3.79. The molecule has 0 aromatic heterocycles. The predicted octanol–water partition coefficient (Wildman–Crippen LogP) is 0.557. The zero-order valence-corrected chi connectivity index (χ0v) is 9.68. The fraction of sp³-hybridized carbons (Fsp3) is 0.889. The summed E-state index contributed by atoms with van der Waals surface area (Å²) in [6.07, 6.45) is 0.961. The highest BCUT2D eigenvalue weighted by Gasteiger charge is 2.27. The van der Waals surface area contributed by atoms with Crippen LogP contribution in [0.25, 0.3) is 0 Å². The number of amides is 1. The number of sulfone groups is 1. The summed E-state index contributed by atoms with van der Waals surface area (Å²) < 4.78 is 27.0. The molecule has 1 N–H and O–H groups in total. The first-order chi connectivity index (χ1) is 7.03. The molecule has 0 saturated carbocycles. The van der Waals surface area contributed by atoms with Gasteiger partial charge in [-0.25, -0.2) is 13.2 Å². The number of ether oxygens (including phenoxy) is 1. The third-order valence-electron chi connectivity index (χ3n) is 2.30. The van der Waals surface area contributed by atoms with Gasteiger partial charge >= 0.3 is 6.09 Å². The monoisotopic (exact) mass is 235 g/mol. The molecule has 0 spiro atoms.